The fourth-order valence-electron chi connectivity index (χ4n) is 3.47. The van der Waals surface area contributed by atoms with Crippen LogP contribution in [-0.2, 0) is 11.2 Å². The fraction of sp³-hybridized carbons (Fsp3) is 0.211. The molecule has 0 spiro atoms. The van der Waals surface area contributed by atoms with Crippen LogP contribution >= 0.6 is 34.4 Å². The van der Waals surface area contributed by atoms with E-state index in [9.17, 15) is 4.79 Å². The summed E-state index contributed by atoms with van der Waals surface area (Å²) in [5, 5.41) is 13.3. The largest absolute Gasteiger partial charge is 0.330 e. The van der Waals surface area contributed by atoms with Crippen molar-refractivity contribution < 1.29 is 4.79 Å². The third kappa shape index (κ3) is 3.07. The van der Waals surface area contributed by atoms with Crippen LogP contribution in [0.5, 0.6) is 0 Å². The summed E-state index contributed by atoms with van der Waals surface area (Å²) >= 11 is 4.95. The summed E-state index contributed by atoms with van der Waals surface area (Å²) in [7, 11) is 0. The molecule has 0 radical (unpaired) electrons. The molecule has 0 saturated carbocycles. The molecule has 1 aliphatic heterocycles. The molecule has 1 amide bonds. The summed E-state index contributed by atoms with van der Waals surface area (Å²) in [6.07, 6.45) is 2.86. The van der Waals surface area contributed by atoms with Gasteiger partial charge in [0.05, 0.1) is 11.8 Å². The molecule has 0 aliphatic carbocycles. The van der Waals surface area contributed by atoms with E-state index < -0.39 is 0 Å². The molecule has 0 fully saturated rings. The molecule has 1 unspecified atom stereocenters. The Balaban J connectivity index is 1.39. The van der Waals surface area contributed by atoms with Gasteiger partial charge in [-0.05, 0) is 47.0 Å². The molecule has 1 atom stereocenters. The Labute approximate surface area is 168 Å². The smallest absolute Gasteiger partial charge is 0.233 e. The van der Waals surface area contributed by atoms with Gasteiger partial charge in [0.1, 0.15) is 0 Å². The first-order chi connectivity index (χ1) is 13.3. The number of carbonyl (C=O) groups is 1. The van der Waals surface area contributed by atoms with E-state index in [2.05, 4.69) is 39.2 Å². The number of thioether (sulfide) groups is 1. The summed E-state index contributed by atoms with van der Waals surface area (Å²) in [6, 6.07) is 12.2. The van der Waals surface area contributed by atoms with Gasteiger partial charge < -0.3 is 4.90 Å². The van der Waals surface area contributed by atoms with Crippen molar-refractivity contribution in [1.82, 2.24) is 19.5 Å². The van der Waals surface area contributed by atoms with Gasteiger partial charge in [-0.1, -0.05) is 23.9 Å². The molecule has 5 nitrogen and oxygen atoms in total. The van der Waals surface area contributed by atoms with Crippen molar-refractivity contribution in [2.75, 3.05) is 12.3 Å². The Bertz CT molecular complexity index is 1090. The van der Waals surface area contributed by atoms with Crippen molar-refractivity contribution >= 4 is 46.0 Å². The van der Waals surface area contributed by atoms with E-state index in [0.29, 0.717) is 5.75 Å². The zero-order valence-corrected chi connectivity index (χ0v) is 16.8. The Morgan fingerprint density at radius 3 is 3.00 bits per heavy atom. The van der Waals surface area contributed by atoms with E-state index in [1.54, 1.807) is 22.7 Å². The maximum absolute atomic E-state index is 13.1. The Kier molecular flexibility index (Phi) is 4.47. The number of rotatable bonds is 4. The molecule has 136 valence electrons. The minimum absolute atomic E-state index is 0.0308. The van der Waals surface area contributed by atoms with Crippen LogP contribution in [0.4, 0.5) is 0 Å². The van der Waals surface area contributed by atoms with Gasteiger partial charge in [0.25, 0.3) is 0 Å². The maximum atomic E-state index is 13.1. The van der Waals surface area contributed by atoms with Gasteiger partial charge in [0.2, 0.25) is 5.91 Å². The van der Waals surface area contributed by atoms with E-state index in [4.69, 9.17) is 0 Å². The highest BCUT2D eigenvalue weighted by Crippen LogP contribution is 2.39. The standard InChI is InChI=1S/C19H16N4OS3/c24-17(12-27-19-21-20-16-5-1-2-8-22(16)19)23-9-6-14-13(7-11-26-14)18(23)15-4-3-10-25-15/h1-5,7-8,10-11,18H,6,9,12H2. The van der Waals surface area contributed by atoms with E-state index in [-0.39, 0.29) is 11.9 Å². The molecule has 27 heavy (non-hydrogen) atoms. The number of nitrogens with zero attached hydrogens (tertiary/aromatic N) is 4. The Morgan fingerprint density at radius 1 is 1.15 bits per heavy atom. The maximum Gasteiger partial charge on any atom is 0.233 e. The monoisotopic (exact) mass is 412 g/mol. The molecule has 0 bridgehead atoms. The second kappa shape index (κ2) is 7.10. The summed E-state index contributed by atoms with van der Waals surface area (Å²) in [5.74, 6) is 0.500. The predicted octanol–water partition coefficient (Wildman–Crippen LogP) is 4.12. The van der Waals surface area contributed by atoms with E-state index in [0.717, 1.165) is 23.8 Å². The predicted molar refractivity (Wildman–Crippen MR) is 110 cm³/mol. The van der Waals surface area contributed by atoms with Gasteiger partial charge in [-0.25, -0.2) is 0 Å². The minimum Gasteiger partial charge on any atom is -0.330 e. The number of aromatic nitrogens is 3. The van der Waals surface area contributed by atoms with Crippen LogP contribution in [0.1, 0.15) is 21.4 Å². The van der Waals surface area contributed by atoms with Crippen molar-refractivity contribution in [2.24, 2.45) is 0 Å². The Morgan fingerprint density at radius 2 is 2.11 bits per heavy atom. The molecular weight excluding hydrogens is 396 g/mol. The van der Waals surface area contributed by atoms with Crippen LogP contribution in [0, 0.1) is 0 Å². The number of carbonyl (C=O) groups excluding carboxylic acids is 1. The van der Waals surface area contributed by atoms with E-state index in [1.165, 1.54) is 27.1 Å². The number of hydrogen-bond acceptors (Lipinski definition) is 6. The molecule has 4 aromatic rings. The van der Waals surface area contributed by atoms with Crippen molar-refractivity contribution in [3.05, 3.63) is 68.7 Å². The highest BCUT2D eigenvalue weighted by atomic mass is 32.2. The molecule has 5 heterocycles. The molecule has 4 aromatic heterocycles. The summed E-state index contributed by atoms with van der Waals surface area (Å²) < 4.78 is 1.92. The number of amides is 1. The molecule has 1 aliphatic rings. The second-order valence-electron chi connectivity index (χ2n) is 6.25. The van der Waals surface area contributed by atoms with Crippen molar-refractivity contribution in [1.29, 1.82) is 0 Å². The lowest BCUT2D eigenvalue weighted by Gasteiger charge is -2.35. The lowest BCUT2D eigenvalue weighted by molar-refractivity contribution is -0.130. The number of hydrogen-bond donors (Lipinski definition) is 0. The van der Waals surface area contributed by atoms with Crippen molar-refractivity contribution in [2.45, 2.75) is 17.6 Å². The number of pyridine rings is 1. The summed E-state index contributed by atoms with van der Waals surface area (Å²) in [4.78, 5) is 17.8. The highest BCUT2D eigenvalue weighted by Gasteiger charge is 2.33. The van der Waals surface area contributed by atoms with Crippen molar-refractivity contribution in [3.63, 3.8) is 0 Å². The first kappa shape index (κ1) is 17.0. The number of fused-ring (bicyclic) bond motifs is 2. The summed E-state index contributed by atoms with van der Waals surface area (Å²) in [6.45, 7) is 0.760. The molecule has 0 aromatic carbocycles. The molecular formula is C19H16N4OS3. The van der Waals surface area contributed by atoms with Crippen LogP contribution < -0.4 is 0 Å². The second-order valence-corrected chi connectivity index (χ2v) is 9.18. The quantitative estimate of drug-likeness (QED) is 0.473. The van der Waals surface area contributed by atoms with Gasteiger partial charge in [-0.15, -0.1) is 32.9 Å². The zero-order chi connectivity index (χ0) is 18.2. The van der Waals surface area contributed by atoms with Gasteiger partial charge in [-0.3, -0.25) is 9.20 Å². The SMILES string of the molecule is O=C(CSc1nnc2ccccn12)N1CCc2sccc2C1c1cccs1. The topological polar surface area (TPSA) is 50.5 Å². The summed E-state index contributed by atoms with van der Waals surface area (Å²) in [5.41, 5.74) is 2.07. The third-order valence-corrected chi connectivity index (χ3v) is 7.56. The highest BCUT2D eigenvalue weighted by molar-refractivity contribution is 7.99. The normalized spacial score (nSPS) is 16.6. The molecule has 5 rings (SSSR count). The van der Waals surface area contributed by atoms with Gasteiger partial charge in [-0.2, -0.15) is 0 Å². The average molecular weight is 413 g/mol. The average Bonchev–Trinajstić information content (AvgIpc) is 3.45. The van der Waals surface area contributed by atoms with Crippen LogP contribution in [0.2, 0.25) is 0 Å². The van der Waals surface area contributed by atoms with Gasteiger partial charge >= 0.3 is 0 Å². The third-order valence-electron chi connectivity index (χ3n) is 4.71. The van der Waals surface area contributed by atoms with Crippen LogP contribution in [0.25, 0.3) is 5.65 Å². The van der Waals surface area contributed by atoms with Crippen LogP contribution in [-0.4, -0.2) is 37.7 Å². The zero-order valence-electron chi connectivity index (χ0n) is 14.3. The van der Waals surface area contributed by atoms with Gasteiger partial charge in [0.15, 0.2) is 10.8 Å². The lowest BCUT2D eigenvalue weighted by atomic mass is 9.98. The van der Waals surface area contributed by atoms with Gasteiger partial charge in [0, 0.05) is 22.5 Å². The molecule has 8 heteroatoms. The van der Waals surface area contributed by atoms with Crippen LogP contribution in [0.3, 0.4) is 0 Å². The first-order valence-electron chi connectivity index (χ1n) is 8.63. The minimum atomic E-state index is 0.0308. The first-order valence-corrected chi connectivity index (χ1v) is 11.4. The van der Waals surface area contributed by atoms with E-state index >= 15 is 0 Å². The molecule has 0 N–H and O–H groups in total. The van der Waals surface area contributed by atoms with E-state index in [1.807, 2.05) is 33.7 Å². The fourth-order valence-corrected chi connectivity index (χ4v) is 6.03. The van der Waals surface area contributed by atoms with Crippen molar-refractivity contribution in [3.8, 4) is 0 Å². The lowest BCUT2D eigenvalue weighted by Crippen LogP contribution is -2.40. The molecule has 0 saturated heterocycles. The Hall–Kier alpha value is -2.16. The number of thiophene rings is 2. The van der Waals surface area contributed by atoms with Crippen LogP contribution in [0.15, 0.2) is 58.5 Å².